The summed E-state index contributed by atoms with van der Waals surface area (Å²) in [6.07, 6.45) is 0.0761. The zero-order valence-corrected chi connectivity index (χ0v) is 16.7. The van der Waals surface area contributed by atoms with Crippen molar-refractivity contribution in [2.45, 2.75) is 32.4 Å². The van der Waals surface area contributed by atoms with E-state index in [9.17, 15) is 5.11 Å². The van der Waals surface area contributed by atoms with Gasteiger partial charge in [-0.2, -0.15) is 0 Å². The number of anilines is 1. The summed E-state index contributed by atoms with van der Waals surface area (Å²) in [5.74, 6) is 0. The summed E-state index contributed by atoms with van der Waals surface area (Å²) in [6, 6.07) is 24.7. The fourth-order valence-electron chi connectivity index (χ4n) is 2.97. The summed E-state index contributed by atoms with van der Waals surface area (Å²) in [7, 11) is 0. The zero-order chi connectivity index (χ0) is 18.5. The van der Waals surface area contributed by atoms with Gasteiger partial charge in [-0.1, -0.05) is 75.6 Å². The summed E-state index contributed by atoms with van der Waals surface area (Å²) >= 11 is 3.47. The van der Waals surface area contributed by atoms with Crippen molar-refractivity contribution in [3.8, 4) is 0 Å². The summed E-state index contributed by atoms with van der Waals surface area (Å²) in [5.41, 5.74) is 5.59. The van der Waals surface area contributed by atoms with E-state index in [4.69, 9.17) is 0 Å². The van der Waals surface area contributed by atoms with Crippen LogP contribution in [0.3, 0.4) is 0 Å². The molecular weight excluding hydrogens is 386 g/mol. The highest BCUT2D eigenvalue weighted by Gasteiger charge is 2.18. The molecule has 0 amide bonds. The average molecular weight is 410 g/mol. The van der Waals surface area contributed by atoms with Gasteiger partial charge in [-0.3, -0.25) is 0 Å². The van der Waals surface area contributed by atoms with Gasteiger partial charge in [0.05, 0.1) is 12.1 Å². The molecule has 134 valence electrons. The van der Waals surface area contributed by atoms with Crippen molar-refractivity contribution in [2.24, 2.45) is 0 Å². The average Bonchev–Trinajstić information content (AvgIpc) is 2.64. The number of aliphatic hydroxyl groups excluding tert-OH is 1. The lowest BCUT2D eigenvalue weighted by Gasteiger charge is -2.24. The van der Waals surface area contributed by atoms with E-state index in [1.807, 2.05) is 48.5 Å². The highest BCUT2D eigenvalue weighted by Crippen LogP contribution is 2.30. The first-order valence-corrected chi connectivity index (χ1v) is 9.64. The maximum atomic E-state index is 10.8. The smallest absolute Gasteiger partial charge is 0.0812 e. The Bertz CT molecular complexity index is 826. The summed E-state index contributed by atoms with van der Waals surface area (Å²) in [4.78, 5) is 0. The number of aliphatic hydroxyl groups is 1. The Kier molecular flexibility index (Phi) is 6.12. The van der Waals surface area contributed by atoms with E-state index in [-0.39, 0.29) is 6.04 Å². The van der Waals surface area contributed by atoms with Crippen molar-refractivity contribution in [1.29, 1.82) is 0 Å². The van der Waals surface area contributed by atoms with Crippen LogP contribution < -0.4 is 5.32 Å². The molecule has 3 heteroatoms. The second-order valence-electron chi connectivity index (χ2n) is 6.78. The second kappa shape index (κ2) is 8.52. The minimum atomic E-state index is -0.523. The quantitative estimate of drug-likeness (QED) is 0.497. The maximum Gasteiger partial charge on any atom is 0.0812 e. The fraction of sp³-hybridized carbons (Fsp3) is 0.217. The lowest BCUT2D eigenvalue weighted by atomic mass is 9.95. The Morgan fingerprint density at radius 3 is 1.81 bits per heavy atom. The molecule has 0 aliphatic rings. The van der Waals surface area contributed by atoms with Crippen LogP contribution in [0.5, 0.6) is 0 Å². The predicted octanol–water partition coefficient (Wildman–Crippen LogP) is 6.34. The molecule has 2 nitrogen and oxygen atoms in total. The van der Waals surface area contributed by atoms with Crippen LogP contribution in [-0.4, -0.2) is 5.11 Å². The number of hydrogen-bond acceptors (Lipinski definition) is 2. The molecule has 3 rings (SSSR count). The molecule has 2 atom stereocenters. The van der Waals surface area contributed by atoms with Crippen molar-refractivity contribution >= 4 is 21.6 Å². The molecule has 2 unspecified atom stereocenters. The number of benzene rings is 3. The monoisotopic (exact) mass is 409 g/mol. The van der Waals surface area contributed by atoms with Gasteiger partial charge < -0.3 is 10.4 Å². The van der Waals surface area contributed by atoms with Gasteiger partial charge in [-0.25, -0.2) is 0 Å². The highest BCUT2D eigenvalue weighted by molar-refractivity contribution is 9.10. The van der Waals surface area contributed by atoms with Gasteiger partial charge in [0.2, 0.25) is 0 Å². The SMILES string of the molecule is Cc1ccc(C(O)CC(Nc2ccc(Br)cc2)c2ccc(C)cc2)cc1. The van der Waals surface area contributed by atoms with Gasteiger partial charge in [0.1, 0.15) is 0 Å². The van der Waals surface area contributed by atoms with Crippen molar-refractivity contribution in [3.05, 3.63) is 99.5 Å². The van der Waals surface area contributed by atoms with Crippen molar-refractivity contribution in [3.63, 3.8) is 0 Å². The first-order valence-electron chi connectivity index (χ1n) is 8.84. The van der Waals surface area contributed by atoms with Crippen LogP contribution in [0.4, 0.5) is 5.69 Å². The summed E-state index contributed by atoms with van der Waals surface area (Å²) < 4.78 is 1.05. The van der Waals surface area contributed by atoms with Crippen molar-refractivity contribution < 1.29 is 5.11 Å². The van der Waals surface area contributed by atoms with Gasteiger partial charge in [-0.15, -0.1) is 0 Å². The third-order valence-electron chi connectivity index (χ3n) is 4.59. The van der Waals surface area contributed by atoms with Gasteiger partial charge in [0, 0.05) is 16.6 Å². The maximum absolute atomic E-state index is 10.8. The van der Waals surface area contributed by atoms with Crippen LogP contribution in [0.15, 0.2) is 77.3 Å². The number of hydrogen-bond donors (Lipinski definition) is 2. The van der Waals surface area contributed by atoms with Crippen molar-refractivity contribution in [1.82, 2.24) is 0 Å². The Morgan fingerprint density at radius 2 is 1.27 bits per heavy atom. The minimum absolute atomic E-state index is 0.0214. The van der Waals surface area contributed by atoms with Gasteiger partial charge in [0.15, 0.2) is 0 Å². The van der Waals surface area contributed by atoms with Gasteiger partial charge >= 0.3 is 0 Å². The molecule has 0 spiro atoms. The van der Waals surface area contributed by atoms with E-state index in [0.29, 0.717) is 6.42 Å². The first-order chi connectivity index (χ1) is 12.5. The van der Waals surface area contributed by atoms with E-state index in [1.165, 1.54) is 16.7 Å². The predicted molar refractivity (Wildman–Crippen MR) is 112 cm³/mol. The summed E-state index contributed by atoms with van der Waals surface area (Å²) in [5, 5.41) is 14.3. The first kappa shape index (κ1) is 18.7. The van der Waals surface area contributed by atoms with E-state index >= 15 is 0 Å². The molecule has 0 aromatic heterocycles. The van der Waals surface area contributed by atoms with Gasteiger partial charge in [-0.05, 0) is 49.2 Å². The molecule has 0 saturated carbocycles. The number of nitrogens with one attached hydrogen (secondary N) is 1. The minimum Gasteiger partial charge on any atom is -0.388 e. The third-order valence-corrected chi connectivity index (χ3v) is 5.11. The molecule has 3 aromatic rings. The standard InChI is InChI=1S/C23H24BrNO/c1-16-3-7-18(8-4-16)22(25-21-13-11-20(24)12-14-21)15-23(26)19-9-5-17(2)6-10-19/h3-14,22-23,25-26H,15H2,1-2H3. The summed E-state index contributed by atoms with van der Waals surface area (Å²) in [6.45, 7) is 4.14. The molecule has 3 aromatic carbocycles. The van der Waals surface area contributed by atoms with Crippen LogP contribution in [0, 0.1) is 13.8 Å². The number of aryl methyl sites for hydroxylation is 2. The highest BCUT2D eigenvalue weighted by atomic mass is 79.9. The van der Waals surface area contributed by atoms with Crippen LogP contribution >= 0.6 is 15.9 Å². The van der Waals surface area contributed by atoms with E-state index in [0.717, 1.165) is 15.7 Å². The molecule has 0 saturated heterocycles. The van der Waals surface area contributed by atoms with E-state index < -0.39 is 6.10 Å². The Morgan fingerprint density at radius 1 is 0.769 bits per heavy atom. The van der Waals surface area contributed by atoms with Crippen LogP contribution in [0.2, 0.25) is 0 Å². The topological polar surface area (TPSA) is 32.3 Å². The zero-order valence-electron chi connectivity index (χ0n) is 15.1. The lowest BCUT2D eigenvalue weighted by molar-refractivity contribution is 0.160. The van der Waals surface area contributed by atoms with Crippen LogP contribution in [-0.2, 0) is 0 Å². The molecular formula is C23H24BrNO. The van der Waals surface area contributed by atoms with Crippen LogP contribution in [0.1, 0.15) is 40.8 Å². The Hall–Kier alpha value is -2.10. The molecule has 2 N–H and O–H groups in total. The Balaban J connectivity index is 1.83. The van der Waals surface area contributed by atoms with E-state index in [2.05, 4.69) is 59.4 Å². The molecule has 0 heterocycles. The van der Waals surface area contributed by atoms with Crippen LogP contribution in [0.25, 0.3) is 0 Å². The molecule has 0 fully saturated rings. The molecule has 0 aliphatic carbocycles. The fourth-order valence-corrected chi connectivity index (χ4v) is 3.24. The molecule has 0 radical (unpaired) electrons. The Labute approximate surface area is 164 Å². The largest absolute Gasteiger partial charge is 0.388 e. The van der Waals surface area contributed by atoms with Crippen molar-refractivity contribution in [2.75, 3.05) is 5.32 Å². The number of halogens is 1. The second-order valence-corrected chi connectivity index (χ2v) is 7.69. The third kappa shape index (κ3) is 4.96. The van der Waals surface area contributed by atoms with E-state index in [1.54, 1.807) is 0 Å². The van der Waals surface area contributed by atoms with Gasteiger partial charge in [0.25, 0.3) is 0 Å². The number of rotatable bonds is 6. The normalized spacial score (nSPS) is 13.2. The lowest BCUT2D eigenvalue weighted by Crippen LogP contribution is -2.15. The molecule has 0 bridgehead atoms. The molecule has 26 heavy (non-hydrogen) atoms. The molecule has 0 aliphatic heterocycles.